The van der Waals surface area contributed by atoms with Gasteiger partial charge in [0.25, 0.3) is 11.8 Å². The van der Waals surface area contributed by atoms with Gasteiger partial charge in [-0.05, 0) is 29.5 Å². The van der Waals surface area contributed by atoms with Crippen molar-refractivity contribution in [2.45, 2.75) is 6.42 Å². The molecule has 0 N–H and O–H groups in total. The monoisotopic (exact) mass is 352 g/mol. The molecule has 1 aliphatic heterocycles. The Kier molecular flexibility index (Phi) is 3.81. The van der Waals surface area contributed by atoms with Gasteiger partial charge in [-0.3, -0.25) is 9.59 Å². The number of para-hydroxylation sites is 1. The van der Waals surface area contributed by atoms with Crippen molar-refractivity contribution in [3.63, 3.8) is 0 Å². The normalized spacial score (nSPS) is 13.2. The predicted octanol–water partition coefficient (Wildman–Crippen LogP) is 1.00. The van der Waals surface area contributed by atoms with E-state index in [9.17, 15) is 14.4 Å². The van der Waals surface area contributed by atoms with Crippen LogP contribution in [0.5, 0.6) is 0 Å². The first-order valence-electron chi connectivity index (χ1n) is 7.77. The Balaban J connectivity index is 1.35. The number of rotatable bonds is 5. The van der Waals surface area contributed by atoms with Gasteiger partial charge in [-0.15, -0.1) is 5.10 Å². The molecule has 3 aromatic rings. The Morgan fingerprint density at radius 2 is 1.62 bits per heavy atom. The lowest BCUT2D eigenvalue weighted by Crippen LogP contribution is -2.33. The van der Waals surface area contributed by atoms with Crippen LogP contribution in [0.4, 0.5) is 0 Å². The molecule has 0 fully saturated rings. The number of hydroxylamine groups is 2. The first-order chi connectivity index (χ1) is 12.6. The number of imide groups is 1. The van der Waals surface area contributed by atoms with E-state index < -0.39 is 17.8 Å². The molecule has 0 spiro atoms. The van der Waals surface area contributed by atoms with E-state index in [0.717, 1.165) is 0 Å². The van der Waals surface area contributed by atoms with Crippen LogP contribution in [0.3, 0.4) is 0 Å². The summed E-state index contributed by atoms with van der Waals surface area (Å²) in [5.74, 6) is -2.10. The van der Waals surface area contributed by atoms with Crippen LogP contribution in [-0.4, -0.2) is 44.6 Å². The maximum atomic E-state index is 12.1. The second-order valence-corrected chi connectivity index (χ2v) is 5.45. The Hall–Kier alpha value is -3.75. The van der Waals surface area contributed by atoms with E-state index in [1.165, 1.54) is 17.0 Å². The molecular weight excluding hydrogens is 340 g/mol. The lowest BCUT2D eigenvalue weighted by molar-refractivity contribution is -0.169. The van der Waals surface area contributed by atoms with Gasteiger partial charge in [0, 0.05) is 0 Å². The zero-order valence-electron chi connectivity index (χ0n) is 13.4. The van der Waals surface area contributed by atoms with Gasteiger partial charge in [0.2, 0.25) is 0 Å². The second-order valence-electron chi connectivity index (χ2n) is 5.45. The van der Waals surface area contributed by atoms with Crippen molar-refractivity contribution in [1.29, 1.82) is 0 Å². The lowest BCUT2D eigenvalue weighted by Gasteiger charge is -2.12. The molecule has 4 rings (SSSR count). The molecular formula is C17H12N4O5. The largest absolute Gasteiger partial charge is 0.394 e. The number of nitrogens with zero attached hydrogens (tertiary/aromatic N) is 4. The zero-order chi connectivity index (χ0) is 18.1. The van der Waals surface area contributed by atoms with Crippen molar-refractivity contribution < 1.29 is 24.1 Å². The third-order valence-corrected chi connectivity index (χ3v) is 3.79. The Bertz CT molecular complexity index is 994. The first-order valence-corrected chi connectivity index (χ1v) is 7.77. The van der Waals surface area contributed by atoms with E-state index in [1.54, 1.807) is 24.3 Å². The fourth-order valence-corrected chi connectivity index (χ4v) is 2.56. The molecule has 0 radical (unpaired) electrons. The summed E-state index contributed by atoms with van der Waals surface area (Å²) >= 11 is 0. The number of aromatic nitrogens is 3. The molecule has 2 aromatic carbocycles. The highest BCUT2D eigenvalue weighted by molar-refractivity contribution is 6.20. The van der Waals surface area contributed by atoms with Crippen molar-refractivity contribution in [2.24, 2.45) is 0 Å². The highest BCUT2D eigenvalue weighted by Gasteiger charge is 2.38. The second kappa shape index (κ2) is 6.28. The summed E-state index contributed by atoms with van der Waals surface area (Å²) in [7, 11) is 0. The molecule has 0 unspecified atom stereocenters. The zero-order valence-corrected chi connectivity index (χ0v) is 13.4. The van der Waals surface area contributed by atoms with E-state index in [-0.39, 0.29) is 24.2 Å². The standard InChI is InChI=1S/C17H12N4O5/c22-15(9-10-25-21-14-8-4-3-7-13(14)18-19-21)26-20-16(23)11-5-1-2-6-12(11)17(20)24/h1-8H,9-10H2. The highest BCUT2D eigenvalue weighted by atomic mass is 16.7. The Labute approximate surface area is 146 Å². The average Bonchev–Trinajstić information content (AvgIpc) is 3.17. The fourth-order valence-electron chi connectivity index (χ4n) is 2.56. The minimum Gasteiger partial charge on any atom is -0.394 e. The fraction of sp³-hybridized carbons (Fsp3) is 0.118. The molecule has 1 aliphatic rings. The van der Waals surface area contributed by atoms with E-state index in [2.05, 4.69) is 10.3 Å². The molecule has 130 valence electrons. The van der Waals surface area contributed by atoms with E-state index in [0.29, 0.717) is 16.1 Å². The van der Waals surface area contributed by atoms with E-state index >= 15 is 0 Å². The number of carbonyl (C=O) groups excluding carboxylic acids is 3. The molecule has 2 amide bonds. The Morgan fingerprint density at radius 1 is 0.962 bits per heavy atom. The molecule has 9 nitrogen and oxygen atoms in total. The number of benzene rings is 2. The van der Waals surface area contributed by atoms with Gasteiger partial charge in [-0.1, -0.05) is 34.2 Å². The summed E-state index contributed by atoms with van der Waals surface area (Å²) in [5, 5.41) is 8.21. The minimum absolute atomic E-state index is 0.0602. The summed E-state index contributed by atoms with van der Waals surface area (Å²) in [6, 6.07) is 13.4. The predicted molar refractivity (Wildman–Crippen MR) is 86.6 cm³/mol. The van der Waals surface area contributed by atoms with Crippen LogP contribution in [0.1, 0.15) is 27.1 Å². The van der Waals surface area contributed by atoms with Crippen molar-refractivity contribution in [2.75, 3.05) is 6.61 Å². The number of carbonyl (C=O) groups is 3. The molecule has 2 heterocycles. The molecule has 1 aromatic heterocycles. The average molecular weight is 352 g/mol. The van der Waals surface area contributed by atoms with Crippen LogP contribution in [0.25, 0.3) is 11.0 Å². The Morgan fingerprint density at radius 3 is 2.35 bits per heavy atom. The molecule has 0 bridgehead atoms. The molecule has 0 aliphatic carbocycles. The number of hydrogen-bond acceptors (Lipinski definition) is 7. The summed E-state index contributed by atoms with van der Waals surface area (Å²) < 4.78 is 0. The van der Waals surface area contributed by atoms with Gasteiger partial charge in [0.05, 0.1) is 17.5 Å². The quantitative estimate of drug-likeness (QED) is 0.631. The number of fused-ring (bicyclic) bond motifs is 2. The van der Waals surface area contributed by atoms with E-state index in [1.807, 2.05) is 12.1 Å². The van der Waals surface area contributed by atoms with Crippen molar-refractivity contribution in [3.8, 4) is 0 Å². The molecule has 26 heavy (non-hydrogen) atoms. The van der Waals surface area contributed by atoms with Gasteiger partial charge in [-0.25, -0.2) is 4.79 Å². The number of amides is 2. The van der Waals surface area contributed by atoms with E-state index in [4.69, 9.17) is 9.68 Å². The van der Waals surface area contributed by atoms with Crippen LogP contribution in [-0.2, 0) is 9.63 Å². The van der Waals surface area contributed by atoms with Crippen molar-refractivity contribution >= 4 is 28.8 Å². The summed E-state index contributed by atoms with van der Waals surface area (Å²) in [6.45, 7) is -0.0602. The van der Waals surface area contributed by atoms with Gasteiger partial charge in [0.15, 0.2) is 0 Å². The van der Waals surface area contributed by atoms with Gasteiger partial charge in [0.1, 0.15) is 17.6 Å². The number of hydrogen-bond donors (Lipinski definition) is 0. The summed E-state index contributed by atoms with van der Waals surface area (Å²) in [4.78, 5) is 47.6. The van der Waals surface area contributed by atoms with Crippen LogP contribution in [0, 0.1) is 0 Å². The maximum absolute atomic E-state index is 12.1. The van der Waals surface area contributed by atoms with Crippen molar-refractivity contribution in [1.82, 2.24) is 20.2 Å². The molecule has 0 atom stereocenters. The minimum atomic E-state index is -0.774. The van der Waals surface area contributed by atoms with Crippen LogP contribution >= 0.6 is 0 Å². The first kappa shape index (κ1) is 15.8. The van der Waals surface area contributed by atoms with Crippen molar-refractivity contribution in [3.05, 3.63) is 59.7 Å². The maximum Gasteiger partial charge on any atom is 0.336 e. The topological polar surface area (TPSA) is 104 Å². The van der Waals surface area contributed by atoms with Gasteiger partial charge < -0.3 is 9.68 Å². The van der Waals surface area contributed by atoms with Gasteiger partial charge in [-0.2, -0.15) is 0 Å². The van der Waals surface area contributed by atoms with Crippen LogP contribution in [0.2, 0.25) is 0 Å². The summed E-state index contributed by atoms with van der Waals surface area (Å²) in [6.07, 6.45) is -0.179. The molecule has 9 heteroatoms. The smallest absolute Gasteiger partial charge is 0.336 e. The molecule has 0 saturated carbocycles. The third kappa shape index (κ3) is 2.65. The SMILES string of the molecule is O=C(CCOn1nnc2ccccc21)ON1C(=O)c2ccccc2C1=O. The third-order valence-electron chi connectivity index (χ3n) is 3.79. The summed E-state index contributed by atoms with van der Waals surface area (Å²) in [5.41, 5.74) is 1.72. The highest BCUT2D eigenvalue weighted by Crippen LogP contribution is 2.22. The van der Waals surface area contributed by atoms with Gasteiger partial charge >= 0.3 is 5.97 Å². The lowest BCUT2D eigenvalue weighted by atomic mass is 10.1. The van der Waals surface area contributed by atoms with Crippen LogP contribution < -0.4 is 4.84 Å². The van der Waals surface area contributed by atoms with Crippen LogP contribution in [0.15, 0.2) is 48.5 Å². The molecule has 0 saturated heterocycles.